The van der Waals surface area contributed by atoms with E-state index in [1.807, 2.05) is 35.2 Å². The third-order valence-electron chi connectivity index (χ3n) is 5.03. The molecule has 28 heavy (non-hydrogen) atoms. The molecule has 0 aromatic heterocycles. The maximum Gasteiger partial charge on any atom is 0.233 e. The van der Waals surface area contributed by atoms with Gasteiger partial charge in [-0.15, -0.1) is 11.8 Å². The molecule has 0 bridgehead atoms. The van der Waals surface area contributed by atoms with E-state index in [1.54, 1.807) is 0 Å². The Kier molecular flexibility index (Phi) is 7.12. The highest BCUT2D eigenvalue weighted by Gasteiger charge is 2.24. The SMILES string of the molecule is CC(=O)Nc1ccc(SCC(=O)N2CCN([C@@H](C)c3ccccc3)CC2)cc1. The van der Waals surface area contributed by atoms with Crippen molar-refractivity contribution in [1.29, 1.82) is 0 Å². The molecule has 1 atom stereocenters. The highest BCUT2D eigenvalue weighted by molar-refractivity contribution is 8.00. The van der Waals surface area contributed by atoms with Crippen LogP contribution >= 0.6 is 11.8 Å². The lowest BCUT2D eigenvalue weighted by Crippen LogP contribution is -2.49. The average molecular weight is 398 g/mol. The molecule has 0 unspecified atom stereocenters. The summed E-state index contributed by atoms with van der Waals surface area (Å²) in [6, 6.07) is 18.5. The summed E-state index contributed by atoms with van der Waals surface area (Å²) in [6.45, 7) is 7.07. The summed E-state index contributed by atoms with van der Waals surface area (Å²) in [6.07, 6.45) is 0. The lowest BCUT2D eigenvalue weighted by Gasteiger charge is -2.38. The minimum Gasteiger partial charge on any atom is -0.339 e. The van der Waals surface area contributed by atoms with Crippen molar-refractivity contribution in [2.45, 2.75) is 24.8 Å². The highest BCUT2D eigenvalue weighted by atomic mass is 32.2. The Morgan fingerprint density at radius 2 is 1.64 bits per heavy atom. The Morgan fingerprint density at radius 3 is 2.25 bits per heavy atom. The van der Waals surface area contributed by atoms with Crippen LogP contribution in [0, 0.1) is 0 Å². The summed E-state index contributed by atoms with van der Waals surface area (Å²) in [5.74, 6) is 0.535. The van der Waals surface area contributed by atoms with Gasteiger partial charge in [-0.05, 0) is 36.8 Å². The van der Waals surface area contributed by atoms with Crippen LogP contribution in [0.1, 0.15) is 25.5 Å². The molecule has 5 nitrogen and oxygen atoms in total. The van der Waals surface area contributed by atoms with E-state index in [0.29, 0.717) is 11.8 Å². The molecule has 0 aliphatic carbocycles. The first kappa shape index (κ1) is 20.4. The number of nitrogens with zero attached hydrogens (tertiary/aromatic N) is 2. The second kappa shape index (κ2) is 9.75. The number of nitrogens with one attached hydrogen (secondary N) is 1. The monoisotopic (exact) mass is 397 g/mol. The number of anilines is 1. The van der Waals surface area contributed by atoms with Gasteiger partial charge in [0, 0.05) is 49.7 Å². The molecule has 3 rings (SSSR count). The van der Waals surface area contributed by atoms with Gasteiger partial charge in [0.1, 0.15) is 0 Å². The molecular weight excluding hydrogens is 370 g/mol. The maximum atomic E-state index is 12.6. The van der Waals surface area contributed by atoms with E-state index in [0.717, 1.165) is 36.8 Å². The Labute approximate surface area is 171 Å². The molecule has 1 aliphatic rings. The Morgan fingerprint density at radius 1 is 1.00 bits per heavy atom. The van der Waals surface area contributed by atoms with Crippen molar-refractivity contribution >= 4 is 29.3 Å². The zero-order valence-corrected chi connectivity index (χ0v) is 17.2. The van der Waals surface area contributed by atoms with Crippen LogP contribution in [-0.2, 0) is 9.59 Å². The predicted molar refractivity (Wildman–Crippen MR) is 114 cm³/mol. The predicted octanol–water partition coefficient (Wildman–Crippen LogP) is 3.64. The zero-order chi connectivity index (χ0) is 19.9. The molecule has 0 saturated carbocycles. The molecule has 0 radical (unpaired) electrons. The molecule has 1 saturated heterocycles. The van der Waals surface area contributed by atoms with Crippen LogP contribution in [0.25, 0.3) is 0 Å². The van der Waals surface area contributed by atoms with Crippen molar-refractivity contribution in [1.82, 2.24) is 9.80 Å². The van der Waals surface area contributed by atoms with Gasteiger partial charge in [0.2, 0.25) is 11.8 Å². The van der Waals surface area contributed by atoms with Gasteiger partial charge < -0.3 is 10.2 Å². The van der Waals surface area contributed by atoms with E-state index in [2.05, 4.69) is 41.4 Å². The van der Waals surface area contributed by atoms with Crippen molar-refractivity contribution in [3.05, 3.63) is 60.2 Å². The summed E-state index contributed by atoms with van der Waals surface area (Å²) in [5, 5.41) is 2.75. The molecule has 1 heterocycles. The van der Waals surface area contributed by atoms with Crippen molar-refractivity contribution in [2.75, 3.05) is 37.2 Å². The molecule has 148 valence electrons. The molecule has 1 fully saturated rings. The van der Waals surface area contributed by atoms with Gasteiger partial charge in [0.05, 0.1) is 5.75 Å². The summed E-state index contributed by atoms with van der Waals surface area (Å²) < 4.78 is 0. The van der Waals surface area contributed by atoms with E-state index in [9.17, 15) is 9.59 Å². The topological polar surface area (TPSA) is 52.7 Å². The number of carbonyl (C=O) groups excluding carboxylic acids is 2. The smallest absolute Gasteiger partial charge is 0.233 e. The summed E-state index contributed by atoms with van der Waals surface area (Å²) >= 11 is 1.54. The number of hydrogen-bond donors (Lipinski definition) is 1. The van der Waals surface area contributed by atoms with Gasteiger partial charge in [0.25, 0.3) is 0 Å². The number of hydrogen-bond acceptors (Lipinski definition) is 4. The van der Waals surface area contributed by atoms with E-state index in [4.69, 9.17) is 0 Å². The lowest BCUT2D eigenvalue weighted by molar-refractivity contribution is -0.130. The van der Waals surface area contributed by atoms with Crippen molar-refractivity contribution in [3.63, 3.8) is 0 Å². The van der Waals surface area contributed by atoms with Crippen LogP contribution in [0.5, 0.6) is 0 Å². The molecule has 2 aromatic rings. The minimum absolute atomic E-state index is 0.0868. The Balaban J connectivity index is 1.44. The first-order chi connectivity index (χ1) is 13.5. The van der Waals surface area contributed by atoms with Crippen molar-refractivity contribution in [2.24, 2.45) is 0 Å². The number of carbonyl (C=O) groups is 2. The molecule has 1 aliphatic heterocycles. The van der Waals surface area contributed by atoms with E-state index in [-0.39, 0.29) is 11.8 Å². The van der Waals surface area contributed by atoms with Gasteiger partial charge >= 0.3 is 0 Å². The van der Waals surface area contributed by atoms with Crippen LogP contribution < -0.4 is 5.32 Å². The molecular formula is C22H27N3O2S. The van der Waals surface area contributed by atoms with E-state index in [1.165, 1.54) is 24.2 Å². The number of thioether (sulfide) groups is 1. The zero-order valence-electron chi connectivity index (χ0n) is 16.4. The van der Waals surface area contributed by atoms with Gasteiger partial charge in [-0.2, -0.15) is 0 Å². The van der Waals surface area contributed by atoms with E-state index >= 15 is 0 Å². The van der Waals surface area contributed by atoms with E-state index < -0.39 is 0 Å². The minimum atomic E-state index is -0.0868. The van der Waals surface area contributed by atoms with Crippen LogP contribution in [0.3, 0.4) is 0 Å². The van der Waals surface area contributed by atoms with Gasteiger partial charge in [-0.3, -0.25) is 14.5 Å². The number of benzene rings is 2. The standard InChI is InChI=1S/C22H27N3O2S/c1-17(19-6-4-3-5-7-19)24-12-14-25(15-13-24)22(27)16-28-21-10-8-20(9-11-21)23-18(2)26/h3-11,17H,12-16H2,1-2H3,(H,23,26)/t17-/m0/s1. The molecule has 1 N–H and O–H groups in total. The summed E-state index contributed by atoms with van der Waals surface area (Å²) in [5.41, 5.74) is 2.09. The quantitative estimate of drug-likeness (QED) is 0.756. The van der Waals surface area contributed by atoms with Crippen LogP contribution in [0.2, 0.25) is 0 Å². The Bertz CT molecular complexity index is 787. The largest absolute Gasteiger partial charge is 0.339 e. The van der Waals surface area contributed by atoms with Crippen molar-refractivity contribution in [3.8, 4) is 0 Å². The summed E-state index contributed by atoms with van der Waals surface area (Å²) in [7, 11) is 0. The number of piperazine rings is 1. The molecule has 2 amide bonds. The van der Waals surface area contributed by atoms with Crippen LogP contribution in [0.4, 0.5) is 5.69 Å². The normalized spacial score (nSPS) is 15.9. The fourth-order valence-corrected chi connectivity index (χ4v) is 4.18. The second-order valence-corrected chi connectivity index (χ2v) is 8.05. The van der Waals surface area contributed by atoms with Crippen molar-refractivity contribution < 1.29 is 9.59 Å². The molecule has 0 spiro atoms. The molecule has 6 heteroatoms. The second-order valence-electron chi connectivity index (χ2n) is 7.00. The van der Waals surface area contributed by atoms with Gasteiger partial charge in [0.15, 0.2) is 0 Å². The number of amides is 2. The maximum absolute atomic E-state index is 12.6. The van der Waals surface area contributed by atoms with Gasteiger partial charge in [-0.25, -0.2) is 0 Å². The highest BCUT2D eigenvalue weighted by Crippen LogP contribution is 2.23. The lowest BCUT2D eigenvalue weighted by atomic mass is 10.1. The van der Waals surface area contributed by atoms with Crippen LogP contribution in [-0.4, -0.2) is 53.5 Å². The first-order valence-electron chi connectivity index (χ1n) is 9.60. The fraction of sp³-hybridized carbons (Fsp3) is 0.364. The van der Waals surface area contributed by atoms with Gasteiger partial charge in [-0.1, -0.05) is 30.3 Å². The average Bonchev–Trinajstić information content (AvgIpc) is 2.73. The van der Waals surface area contributed by atoms with Crippen LogP contribution in [0.15, 0.2) is 59.5 Å². The fourth-order valence-electron chi connectivity index (χ4n) is 3.38. The number of rotatable bonds is 6. The third kappa shape index (κ3) is 5.59. The Hall–Kier alpha value is -2.31. The first-order valence-corrected chi connectivity index (χ1v) is 10.6. The third-order valence-corrected chi connectivity index (χ3v) is 6.03. The summed E-state index contributed by atoms with van der Waals surface area (Å²) in [4.78, 5) is 29.1. The molecule has 2 aromatic carbocycles.